The number of nitrogens with zero attached hydrogens (tertiary/aromatic N) is 1. The van der Waals surface area contributed by atoms with Crippen molar-refractivity contribution in [1.29, 1.82) is 0 Å². The van der Waals surface area contributed by atoms with Crippen LogP contribution in [0.2, 0.25) is 0 Å². The minimum atomic E-state index is -0.00476. The van der Waals surface area contributed by atoms with E-state index in [4.69, 9.17) is 9.72 Å². The van der Waals surface area contributed by atoms with E-state index in [1.807, 2.05) is 12.3 Å². The van der Waals surface area contributed by atoms with Crippen molar-refractivity contribution < 1.29 is 4.74 Å². The van der Waals surface area contributed by atoms with Gasteiger partial charge in [-0.1, -0.05) is 50.2 Å². The van der Waals surface area contributed by atoms with Crippen molar-refractivity contribution >= 4 is 0 Å². The van der Waals surface area contributed by atoms with E-state index in [-0.39, 0.29) is 11.0 Å². The molecule has 1 atom stereocenters. The summed E-state index contributed by atoms with van der Waals surface area (Å²) >= 11 is 0. The summed E-state index contributed by atoms with van der Waals surface area (Å²) in [6.45, 7) is 7.26. The molecule has 1 aliphatic heterocycles. The average molecular weight is 353 g/mol. The molecule has 140 valence electrons. The molecule has 0 amide bonds. The third kappa shape index (κ3) is 4.33. The van der Waals surface area contributed by atoms with Crippen molar-refractivity contribution in [2.75, 3.05) is 13.2 Å². The smallest absolute Gasteiger partial charge is 0.0686 e. The molecule has 0 saturated carbocycles. The van der Waals surface area contributed by atoms with Crippen LogP contribution in [0.25, 0.3) is 0 Å². The second kappa shape index (κ2) is 8.79. The molecule has 1 aromatic heterocycles. The summed E-state index contributed by atoms with van der Waals surface area (Å²) in [5, 5.41) is 3.64. The number of pyridine rings is 1. The summed E-state index contributed by atoms with van der Waals surface area (Å²) in [6.07, 6.45) is 7.28. The van der Waals surface area contributed by atoms with Crippen LogP contribution in [-0.2, 0) is 16.7 Å². The average Bonchev–Trinajstić information content (AvgIpc) is 2.73. The van der Waals surface area contributed by atoms with Gasteiger partial charge in [0.15, 0.2) is 0 Å². The molecule has 3 rings (SSSR count). The highest BCUT2D eigenvalue weighted by Gasteiger charge is 2.45. The number of benzene rings is 1. The van der Waals surface area contributed by atoms with E-state index in [0.29, 0.717) is 0 Å². The van der Waals surface area contributed by atoms with Gasteiger partial charge < -0.3 is 10.1 Å². The molecule has 26 heavy (non-hydrogen) atoms. The maximum Gasteiger partial charge on any atom is 0.0686 e. The zero-order chi connectivity index (χ0) is 18.3. The molecule has 0 aliphatic carbocycles. The van der Waals surface area contributed by atoms with E-state index in [9.17, 15) is 0 Å². The van der Waals surface area contributed by atoms with Crippen molar-refractivity contribution in [1.82, 2.24) is 10.3 Å². The Kier molecular flexibility index (Phi) is 6.44. The van der Waals surface area contributed by atoms with Crippen molar-refractivity contribution in [2.24, 2.45) is 0 Å². The second-order valence-corrected chi connectivity index (χ2v) is 7.57. The standard InChI is InChI=1S/C23H32N2O/c1-3-23(4-2)19-22(14-17-26-23,21-12-8-9-15-25-21)13-16-24-18-20-10-6-5-7-11-20/h5-12,15,24H,3-4,13-14,16-19H2,1-2H3. The maximum atomic E-state index is 6.27. The lowest BCUT2D eigenvalue weighted by molar-refractivity contribution is -0.113. The maximum absolute atomic E-state index is 6.27. The lowest BCUT2D eigenvalue weighted by atomic mass is 9.67. The third-order valence-corrected chi connectivity index (χ3v) is 6.10. The van der Waals surface area contributed by atoms with Gasteiger partial charge >= 0.3 is 0 Å². The number of rotatable bonds is 8. The predicted octanol–water partition coefficient (Wildman–Crippen LogP) is 4.87. The molecule has 1 aliphatic rings. The molecular weight excluding hydrogens is 320 g/mol. The summed E-state index contributed by atoms with van der Waals surface area (Å²) < 4.78 is 6.27. The number of ether oxygens (including phenoxy) is 1. The molecule has 1 saturated heterocycles. The summed E-state index contributed by atoms with van der Waals surface area (Å²) in [6, 6.07) is 17.0. The molecule has 0 spiro atoms. The van der Waals surface area contributed by atoms with Gasteiger partial charge in [0.2, 0.25) is 0 Å². The Balaban J connectivity index is 1.72. The van der Waals surface area contributed by atoms with E-state index in [1.165, 1.54) is 11.3 Å². The number of hydrogen-bond acceptors (Lipinski definition) is 3. The second-order valence-electron chi connectivity index (χ2n) is 7.57. The zero-order valence-electron chi connectivity index (χ0n) is 16.2. The Labute approximate surface area is 158 Å². The van der Waals surface area contributed by atoms with Crippen molar-refractivity contribution in [3.05, 3.63) is 66.0 Å². The van der Waals surface area contributed by atoms with Crippen LogP contribution < -0.4 is 5.32 Å². The SMILES string of the molecule is CCC1(CC)CC(CCNCc2ccccc2)(c2ccccn2)CCO1. The molecule has 1 fully saturated rings. The molecule has 3 nitrogen and oxygen atoms in total. The first-order chi connectivity index (χ1) is 12.7. The van der Waals surface area contributed by atoms with Gasteiger partial charge in [0.25, 0.3) is 0 Å². The predicted molar refractivity (Wildman–Crippen MR) is 107 cm³/mol. The van der Waals surface area contributed by atoms with E-state index in [0.717, 1.165) is 51.8 Å². The van der Waals surface area contributed by atoms with Gasteiger partial charge in [0.1, 0.15) is 0 Å². The molecule has 1 N–H and O–H groups in total. The highest BCUT2D eigenvalue weighted by atomic mass is 16.5. The fraction of sp³-hybridized carbons (Fsp3) is 0.522. The largest absolute Gasteiger partial charge is 0.375 e. The molecule has 2 aromatic rings. The van der Waals surface area contributed by atoms with Gasteiger partial charge in [-0.3, -0.25) is 4.98 Å². The van der Waals surface area contributed by atoms with Crippen molar-refractivity contribution in [3.8, 4) is 0 Å². The van der Waals surface area contributed by atoms with Crippen LogP contribution in [-0.4, -0.2) is 23.7 Å². The Hall–Kier alpha value is -1.71. The monoisotopic (exact) mass is 352 g/mol. The molecule has 0 bridgehead atoms. The highest BCUT2D eigenvalue weighted by Crippen LogP contribution is 2.45. The van der Waals surface area contributed by atoms with Crippen LogP contribution in [0.5, 0.6) is 0 Å². The van der Waals surface area contributed by atoms with Crippen LogP contribution in [0, 0.1) is 0 Å². The zero-order valence-corrected chi connectivity index (χ0v) is 16.2. The number of aromatic nitrogens is 1. The van der Waals surface area contributed by atoms with Gasteiger partial charge in [0.05, 0.1) is 5.60 Å². The van der Waals surface area contributed by atoms with Crippen LogP contribution in [0.15, 0.2) is 54.7 Å². The molecule has 2 heterocycles. The Morgan fingerprint density at radius 3 is 2.50 bits per heavy atom. The Morgan fingerprint density at radius 1 is 1.04 bits per heavy atom. The number of hydrogen-bond donors (Lipinski definition) is 1. The topological polar surface area (TPSA) is 34.2 Å². The molecule has 0 radical (unpaired) electrons. The lowest BCUT2D eigenvalue weighted by Crippen LogP contribution is -2.48. The Bertz CT molecular complexity index is 654. The third-order valence-electron chi connectivity index (χ3n) is 6.10. The fourth-order valence-corrected chi connectivity index (χ4v) is 4.32. The van der Waals surface area contributed by atoms with Gasteiger partial charge in [-0.05, 0) is 56.3 Å². The summed E-state index contributed by atoms with van der Waals surface area (Å²) in [4.78, 5) is 4.76. The quantitative estimate of drug-likeness (QED) is 0.688. The fourth-order valence-electron chi connectivity index (χ4n) is 4.32. The summed E-state index contributed by atoms with van der Waals surface area (Å²) in [5.41, 5.74) is 2.67. The van der Waals surface area contributed by atoms with E-state index < -0.39 is 0 Å². The normalized spacial score (nSPS) is 22.2. The lowest BCUT2D eigenvalue weighted by Gasteiger charge is -2.47. The van der Waals surface area contributed by atoms with Gasteiger partial charge in [-0.25, -0.2) is 0 Å². The van der Waals surface area contributed by atoms with E-state index in [1.54, 1.807) is 0 Å². The van der Waals surface area contributed by atoms with E-state index >= 15 is 0 Å². The van der Waals surface area contributed by atoms with Gasteiger partial charge in [-0.15, -0.1) is 0 Å². The summed E-state index contributed by atoms with van der Waals surface area (Å²) in [7, 11) is 0. The molecule has 1 aromatic carbocycles. The first-order valence-electron chi connectivity index (χ1n) is 10.0. The van der Waals surface area contributed by atoms with Crippen LogP contribution in [0.1, 0.15) is 57.2 Å². The van der Waals surface area contributed by atoms with E-state index in [2.05, 4.69) is 61.6 Å². The highest BCUT2D eigenvalue weighted by molar-refractivity contribution is 5.20. The first kappa shape index (κ1) is 19.1. The van der Waals surface area contributed by atoms with Gasteiger partial charge in [0, 0.05) is 30.5 Å². The van der Waals surface area contributed by atoms with Crippen molar-refractivity contribution in [3.63, 3.8) is 0 Å². The van der Waals surface area contributed by atoms with Crippen LogP contribution >= 0.6 is 0 Å². The number of nitrogens with one attached hydrogen (secondary N) is 1. The van der Waals surface area contributed by atoms with Crippen LogP contribution in [0.3, 0.4) is 0 Å². The Morgan fingerprint density at radius 2 is 1.81 bits per heavy atom. The molecule has 3 heteroatoms. The first-order valence-corrected chi connectivity index (χ1v) is 10.0. The molecule has 1 unspecified atom stereocenters. The van der Waals surface area contributed by atoms with Crippen molar-refractivity contribution in [2.45, 2.75) is 63.5 Å². The van der Waals surface area contributed by atoms with Crippen LogP contribution in [0.4, 0.5) is 0 Å². The van der Waals surface area contributed by atoms with Gasteiger partial charge in [-0.2, -0.15) is 0 Å². The molecular formula is C23H32N2O. The minimum Gasteiger partial charge on any atom is -0.375 e. The summed E-state index contributed by atoms with van der Waals surface area (Å²) in [5.74, 6) is 0. The minimum absolute atomic E-state index is 0.00476.